The minimum atomic E-state index is 0.0104. The van der Waals surface area contributed by atoms with E-state index in [0.29, 0.717) is 6.61 Å². The Kier molecular flexibility index (Phi) is 2.60. The molecule has 0 aromatic rings. The van der Waals surface area contributed by atoms with Crippen molar-refractivity contribution in [1.82, 2.24) is 5.32 Å². The van der Waals surface area contributed by atoms with Crippen molar-refractivity contribution in [3.8, 4) is 0 Å². The van der Waals surface area contributed by atoms with Crippen LogP contribution < -0.4 is 5.32 Å². The van der Waals surface area contributed by atoms with E-state index in [2.05, 4.69) is 10.5 Å². The third-order valence-electron chi connectivity index (χ3n) is 1.28. The normalized spacial score (nSPS) is 27.8. The Balaban J connectivity index is 2.15. The molecule has 1 aliphatic heterocycles. The Labute approximate surface area is 53.6 Å². The van der Waals surface area contributed by atoms with Crippen LogP contribution in [-0.4, -0.2) is 32.3 Å². The molecule has 1 rings (SSSR count). The van der Waals surface area contributed by atoms with Gasteiger partial charge >= 0.3 is 0 Å². The lowest BCUT2D eigenvalue weighted by molar-refractivity contribution is 0.0347. The van der Waals surface area contributed by atoms with Crippen molar-refractivity contribution in [2.75, 3.05) is 26.2 Å². The van der Waals surface area contributed by atoms with Crippen molar-refractivity contribution >= 4 is 0 Å². The first-order chi connectivity index (χ1) is 4.43. The minimum Gasteiger partial charge on any atom is -0.374 e. The fourth-order valence-electron chi connectivity index (χ4n) is 0.820. The molecule has 1 N–H and O–H groups in total. The lowest BCUT2D eigenvalue weighted by atomic mass is 10.3. The summed E-state index contributed by atoms with van der Waals surface area (Å²) in [7, 11) is 0. The van der Waals surface area contributed by atoms with Gasteiger partial charge in [-0.3, -0.25) is 0 Å². The smallest absolute Gasteiger partial charge is 0.108 e. The van der Waals surface area contributed by atoms with Gasteiger partial charge in [0.15, 0.2) is 0 Å². The van der Waals surface area contributed by atoms with Crippen LogP contribution in [0.5, 0.6) is 0 Å². The summed E-state index contributed by atoms with van der Waals surface area (Å²) in [6.07, 6.45) is 0.0104. The number of hydrogen-bond donors (Lipinski definition) is 1. The average molecular weight is 130 g/mol. The summed E-state index contributed by atoms with van der Waals surface area (Å²) in [6, 6.07) is 0. The Bertz CT molecular complexity index is 91.0. The van der Waals surface area contributed by atoms with Crippen molar-refractivity contribution < 1.29 is 4.74 Å². The van der Waals surface area contributed by atoms with Gasteiger partial charge in [-0.2, -0.15) is 4.91 Å². The van der Waals surface area contributed by atoms with E-state index in [4.69, 9.17) is 4.74 Å². The SMILES string of the molecule is O=NCC1CNCCO1. The van der Waals surface area contributed by atoms with Crippen LogP contribution in [0.3, 0.4) is 0 Å². The summed E-state index contributed by atoms with van der Waals surface area (Å²) in [4.78, 5) is 9.72. The largest absolute Gasteiger partial charge is 0.374 e. The van der Waals surface area contributed by atoms with E-state index in [0.717, 1.165) is 13.1 Å². The molecular weight excluding hydrogens is 120 g/mol. The Hall–Kier alpha value is -0.480. The highest BCUT2D eigenvalue weighted by atomic mass is 16.5. The van der Waals surface area contributed by atoms with Gasteiger partial charge in [-0.05, 0) is 0 Å². The van der Waals surface area contributed by atoms with E-state index in [1.54, 1.807) is 0 Å². The molecule has 0 aromatic heterocycles. The number of rotatable bonds is 2. The summed E-state index contributed by atoms with van der Waals surface area (Å²) < 4.78 is 5.16. The zero-order chi connectivity index (χ0) is 6.53. The van der Waals surface area contributed by atoms with Gasteiger partial charge in [0.05, 0.1) is 12.7 Å². The molecule has 0 saturated carbocycles. The lowest BCUT2D eigenvalue weighted by Crippen LogP contribution is -2.39. The van der Waals surface area contributed by atoms with Crippen LogP contribution in [0.2, 0.25) is 0 Å². The first kappa shape index (κ1) is 6.64. The standard InChI is InChI=1S/C5H10N2O2/c8-7-4-5-3-6-1-2-9-5/h5-6H,1-4H2. The number of morpholine rings is 1. The van der Waals surface area contributed by atoms with Crippen LogP contribution in [0.15, 0.2) is 5.18 Å². The second-order valence-electron chi connectivity index (χ2n) is 2.01. The second-order valence-corrected chi connectivity index (χ2v) is 2.01. The maximum Gasteiger partial charge on any atom is 0.108 e. The molecule has 0 amide bonds. The minimum absolute atomic E-state index is 0.0104. The van der Waals surface area contributed by atoms with Gasteiger partial charge in [-0.15, -0.1) is 0 Å². The average Bonchev–Trinajstić information content (AvgIpc) is 1.91. The highest BCUT2D eigenvalue weighted by molar-refractivity contribution is 4.68. The van der Waals surface area contributed by atoms with Gasteiger partial charge in [0, 0.05) is 13.1 Å². The van der Waals surface area contributed by atoms with Crippen LogP contribution >= 0.6 is 0 Å². The predicted molar refractivity (Wildman–Crippen MR) is 33.3 cm³/mol. The zero-order valence-electron chi connectivity index (χ0n) is 5.17. The Morgan fingerprint density at radius 3 is 3.22 bits per heavy atom. The summed E-state index contributed by atoms with van der Waals surface area (Å²) >= 11 is 0. The third kappa shape index (κ3) is 2.07. The van der Waals surface area contributed by atoms with Crippen LogP contribution in [-0.2, 0) is 4.74 Å². The molecule has 52 valence electrons. The van der Waals surface area contributed by atoms with Gasteiger partial charge in [0.2, 0.25) is 0 Å². The van der Waals surface area contributed by atoms with Crippen LogP contribution in [0.4, 0.5) is 0 Å². The van der Waals surface area contributed by atoms with Crippen LogP contribution in [0, 0.1) is 4.91 Å². The maximum atomic E-state index is 9.72. The van der Waals surface area contributed by atoms with Crippen LogP contribution in [0.1, 0.15) is 0 Å². The van der Waals surface area contributed by atoms with Crippen molar-refractivity contribution in [1.29, 1.82) is 0 Å². The molecule has 1 atom stereocenters. The van der Waals surface area contributed by atoms with Crippen molar-refractivity contribution in [3.05, 3.63) is 4.91 Å². The van der Waals surface area contributed by atoms with Crippen molar-refractivity contribution in [2.45, 2.75) is 6.10 Å². The van der Waals surface area contributed by atoms with Crippen molar-refractivity contribution in [2.24, 2.45) is 5.18 Å². The molecule has 1 unspecified atom stereocenters. The zero-order valence-corrected chi connectivity index (χ0v) is 5.17. The number of nitroso groups, excluding NO2 is 1. The third-order valence-corrected chi connectivity index (χ3v) is 1.28. The van der Waals surface area contributed by atoms with E-state index in [9.17, 15) is 4.91 Å². The number of hydrogen-bond acceptors (Lipinski definition) is 4. The highest BCUT2D eigenvalue weighted by Gasteiger charge is 2.11. The van der Waals surface area contributed by atoms with Gasteiger partial charge in [0.1, 0.15) is 6.54 Å². The quantitative estimate of drug-likeness (QED) is 0.524. The fraction of sp³-hybridized carbons (Fsp3) is 1.00. The lowest BCUT2D eigenvalue weighted by Gasteiger charge is -2.20. The predicted octanol–water partition coefficient (Wildman–Crippen LogP) is -0.259. The summed E-state index contributed by atoms with van der Waals surface area (Å²) in [6.45, 7) is 2.61. The van der Waals surface area contributed by atoms with Gasteiger partial charge < -0.3 is 10.1 Å². The fourth-order valence-corrected chi connectivity index (χ4v) is 0.820. The van der Waals surface area contributed by atoms with E-state index in [-0.39, 0.29) is 12.6 Å². The molecule has 0 radical (unpaired) electrons. The Morgan fingerprint density at radius 2 is 2.67 bits per heavy atom. The first-order valence-electron chi connectivity index (χ1n) is 3.05. The van der Waals surface area contributed by atoms with Crippen LogP contribution in [0.25, 0.3) is 0 Å². The monoisotopic (exact) mass is 130 g/mol. The number of nitrogens with zero attached hydrogens (tertiary/aromatic N) is 1. The summed E-state index contributed by atoms with van der Waals surface area (Å²) in [5, 5.41) is 5.84. The molecule has 1 fully saturated rings. The molecule has 1 saturated heterocycles. The molecule has 4 nitrogen and oxygen atoms in total. The molecule has 9 heavy (non-hydrogen) atoms. The van der Waals surface area contributed by atoms with E-state index < -0.39 is 0 Å². The molecule has 0 bridgehead atoms. The molecule has 4 heteroatoms. The summed E-state index contributed by atoms with van der Waals surface area (Å²) in [5.41, 5.74) is 0. The second kappa shape index (κ2) is 3.53. The maximum absolute atomic E-state index is 9.72. The highest BCUT2D eigenvalue weighted by Crippen LogP contribution is 1.94. The Morgan fingerprint density at radius 1 is 1.78 bits per heavy atom. The van der Waals surface area contributed by atoms with E-state index in [1.807, 2.05) is 0 Å². The van der Waals surface area contributed by atoms with E-state index >= 15 is 0 Å². The topological polar surface area (TPSA) is 50.7 Å². The molecule has 1 aliphatic rings. The molecule has 1 heterocycles. The molecule has 0 aliphatic carbocycles. The van der Waals surface area contributed by atoms with Crippen molar-refractivity contribution in [3.63, 3.8) is 0 Å². The number of nitrogens with one attached hydrogen (secondary N) is 1. The van der Waals surface area contributed by atoms with Gasteiger partial charge in [-0.1, -0.05) is 5.18 Å². The molecular formula is C5H10N2O2. The van der Waals surface area contributed by atoms with Gasteiger partial charge in [0.25, 0.3) is 0 Å². The molecule has 0 aromatic carbocycles. The van der Waals surface area contributed by atoms with Gasteiger partial charge in [-0.25, -0.2) is 0 Å². The molecule has 0 spiro atoms. The first-order valence-corrected chi connectivity index (χ1v) is 3.05. The summed E-state index contributed by atoms with van der Waals surface area (Å²) in [5.74, 6) is 0. The number of ether oxygens (including phenoxy) is 1. The van der Waals surface area contributed by atoms with E-state index in [1.165, 1.54) is 0 Å².